The lowest BCUT2D eigenvalue weighted by Gasteiger charge is -2.25. The molecule has 12 heteroatoms. The van der Waals surface area contributed by atoms with Crippen LogP contribution in [0.4, 0.5) is 5.69 Å². The summed E-state index contributed by atoms with van der Waals surface area (Å²) in [5, 5.41) is 11.8. The molecule has 0 saturated heterocycles. The number of anilines is 1. The van der Waals surface area contributed by atoms with Crippen molar-refractivity contribution in [3.63, 3.8) is 0 Å². The van der Waals surface area contributed by atoms with Gasteiger partial charge in [-0.25, -0.2) is 18.1 Å². The second-order valence-electron chi connectivity index (χ2n) is 11.5. The number of hydrogen-bond donors (Lipinski definition) is 1. The molecular formula is C34H37N7O4S. The number of benzene rings is 2. The molecule has 0 saturated carbocycles. The number of aryl methyl sites for hydroxylation is 3. The van der Waals surface area contributed by atoms with Crippen LogP contribution in [0.15, 0.2) is 78.1 Å². The zero-order valence-corrected chi connectivity index (χ0v) is 27.2. The number of carbonyl (C=O) groups is 1. The Balaban J connectivity index is 1.40. The second-order valence-corrected chi connectivity index (χ2v) is 13.4. The first kappa shape index (κ1) is 31.3. The van der Waals surface area contributed by atoms with E-state index in [1.54, 1.807) is 30.6 Å². The summed E-state index contributed by atoms with van der Waals surface area (Å²) in [5.41, 5.74) is 6.98. The molecule has 0 spiro atoms. The summed E-state index contributed by atoms with van der Waals surface area (Å²) in [6.45, 7) is 9.00. The van der Waals surface area contributed by atoms with Gasteiger partial charge in [0.25, 0.3) is 0 Å². The van der Waals surface area contributed by atoms with Crippen molar-refractivity contribution in [1.29, 1.82) is 0 Å². The van der Waals surface area contributed by atoms with E-state index in [1.165, 1.54) is 16.6 Å². The summed E-state index contributed by atoms with van der Waals surface area (Å²) >= 11 is 0. The number of aromatic nitrogens is 5. The van der Waals surface area contributed by atoms with Crippen molar-refractivity contribution < 1.29 is 17.9 Å². The van der Waals surface area contributed by atoms with Crippen LogP contribution in [0, 0.1) is 13.8 Å². The number of fused-ring (bicyclic) bond motifs is 2. The van der Waals surface area contributed by atoms with Gasteiger partial charge in [0.1, 0.15) is 16.5 Å². The number of amides is 1. The number of hydrogen-bond acceptors (Lipinski definition) is 8. The van der Waals surface area contributed by atoms with E-state index in [0.29, 0.717) is 18.7 Å². The fraction of sp³-hybridized carbons (Fsp3) is 0.324. The Bertz CT molecular complexity index is 2000. The van der Waals surface area contributed by atoms with Crippen molar-refractivity contribution >= 4 is 32.7 Å². The molecular weight excluding hydrogens is 602 g/mol. The topological polar surface area (TPSA) is 132 Å². The number of carbonyl (C=O) groups excluding carboxylic acids is 1. The molecule has 1 N–H and O–H groups in total. The largest absolute Gasteiger partial charge is 0.472 e. The molecule has 46 heavy (non-hydrogen) atoms. The minimum Gasteiger partial charge on any atom is -0.472 e. The fourth-order valence-corrected chi connectivity index (χ4v) is 7.51. The van der Waals surface area contributed by atoms with Crippen LogP contribution in [0.5, 0.6) is 5.88 Å². The number of sulfonamides is 1. The van der Waals surface area contributed by atoms with E-state index in [9.17, 15) is 13.2 Å². The molecule has 3 aromatic heterocycles. The molecule has 0 aliphatic carbocycles. The number of pyridine rings is 2. The molecule has 0 bridgehead atoms. The molecule has 1 aliphatic heterocycles. The molecule has 5 aromatic rings. The monoisotopic (exact) mass is 639 g/mol. The highest BCUT2D eigenvalue weighted by Gasteiger charge is 2.35. The maximum atomic E-state index is 13.9. The van der Waals surface area contributed by atoms with E-state index >= 15 is 0 Å². The smallest absolute Gasteiger partial charge is 0.248 e. The first-order valence-corrected chi connectivity index (χ1v) is 16.9. The minimum absolute atomic E-state index is 0.0643. The predicted molar refractivity (Wildman–Crippen MR) is 175 cm³/mol. The molecule has 1 amide bonds. The van der Waals surface area contributed by atoms with Crippen LogP contribution in [0.1, 0.15) is 60.4 Å². The number of nitrogens with one attached hydrogen (secondary N) is 1. The highest BCUT2D eigenvalue weighted by molar-refractivity contribution is 7.89. The second kappa shape index (κ2) is 13.0. The third-order valence-corrected chi connectivity index (χ3v) is 10.5. The van der Waals surface area contributed by atoms with Crippen molar-refractivity contribution in [1.82, 2.24) is 29.3 Å². The maximum absolute atomic E-state index is 13.9. The van der Waals surface area contributed by atoms with Gasteiger partial charge in [-0.15, -0.1) is 5.10 Å². The lowest BCUT2D eigenvalue weighted by Crippen LogP contribution is -2.36. The number of ether oxygens (including phenoxy) is 1. The fourth-order valence-electron chi connectivity index (χ4n) is 5.98. The van der Waals surface area contributed by atoms with E-state index in [0.717, 1.165) is 38.9 Å². The Morgan fingerprint density at radius 2 is 1.87 bits per heavy atom. The maximum Gasteiger partial charge on any atom is 0.248 e. The zero-order chi connectivity index (χ0) is 32.4. The summed E-state index contributed by atoms with van der Waals surface area (Å²) in [5.74, 6) is -0.361. The van der Waals surface area contributed by atoms with Crippen LogP contribution in [-0.2, 0) is 27.9 Å². The third-order valence-electron chi connectivity index (χ3n) is 8.63. The summed E-state index contributed by atoms with van der Waals surface area (Å²) in [6.07, 6.45) is 5.25. The van der Waals surface area contributed by atoms with Crippen molar-refractivity contribution in [3.05, 3.63) is 101 Å². The third kappa shape index (κ3) is 6.10. The molecule has 11 nitrogen and oxygen atoms in total. The Morgan fingerprint density at radius 3 is 2.63 bits per heavy atom. The number of rotatable bonds is 9. The molecule has 238 valence electrons. The van der Waals surface area contributed by atoms with E-state index in [2.05, 4.69) is 25.6 Å². The molecule has 4 heterocycles. The van der Waals surface area contributed by atoms with E-state index in [-0.39, 0.29) is 48.2 Å². The van der Waals surface area contributed by atoms with Gasteiger partial charge >= 0.3 is 0 Å². The Kier molecular flexibility index (Phi) is 8.83. The summed E-state index contributed by atoms with van der Waals surface area (Å²) in [6, 6.07) is 16.7. The normalized spacial score (nSPS) is 16.7. The van der Waals surface area contributed by atoms with Gasteiger partial charge < -0.3 is 10.1 Å². The van der Waals surface area contributed by atoms with Crippen LogP contribution in [-0.4, -0.2) is 56.2 Å². The molecule has 1 aliphatic rings. The van der Waals surface area contributed by atoms with Crippen molar-refractivity contribution in [2.45, 2.75) is 70.5 Å². The van der Waals surface area contributed by atoms with Crippen LogP contribution >= 0.6 is 0 Å². The van der Waals surface area contributed by atoms with Crippen LogP contribution < -0.4 is 10.1 Å². The van der Waals surface area contributed by atoms with Gasteiger partial charge in [0.05, 0.1) is 12.1 Å². The first-order chi connectivity index (χ1) is 22.2. The van der Waals surface area contributed by atoms with Gasteiger partial charge in [-0.2, -0.15) is 4.31 Å². The summed E-state index contributed by atoms with van der Waals surface area (Å²) < 4.78 is 37.1. The molecule has 2 atom stereocenters. The quantitative estimate of drug-likeness (QED) is 0.227. The average molecular weight is 640 g/mol. The summed E-state index contributed by atoms with van der Waals surface area (Å²) in [7, 11) is -3.89. The molecule has 0 fully saturated rings. The number of nitrogens with zero attached hydrogens (tertiary/aromatic N) is 6. The highest BCUT2D eigenvalue weighted by atomic mass is 32.2. The van der Waals surface area contributed by atoms with E-state index in [4.69, 9.17) is 4.74 Å². The van der Waals surface area contributed by atoms with Crippen molar-refractivity contribution in [3.8, 4) is 5.88 Å². The molecule has 0 unspecified atom stereocenters. The van der Waals surface area contributed by atoms with Gasteiger partial charge in [-0.3, -0.25) is 9.78 Å². The molecule has 0 radical (unpaired) electrons. The van der Waals surface area contributed by atoms with Gasteiger partial charge in [0.2, 0.25) is 21.8 Å². The van der Waals surface area contributed by atoms with Crippen molar-refractivity contribution in [2.24, 2.45) is 0 Å². The summed E-state index contributed by atoms with van der Waals surface area (Å²) in [4.78, 5) is 21.8. The van der Waals surface area contributed by atoms with E-state index in [1.807, 2.05) is 62.7 Å². The lowest BCUT2D eigenvalue weighted by atomic mass is 9.84. The van der Waals surface area contributed by atoms with Crippen LogP contribution in [0.3, 0.4) is 0 Å². The van der Waals surface area contributed by atoms with Gasteiger partial charge in [0.15, 0.2) is 0 Å². The van der Waals surface area contributed by atoms with Gasteiger partial charge in [-0.1, -0.05) is 36.4 Å². The van der Waals surface area contributed by atoms with Crippen LogP contribution in [0.2, 0.25) is 0 Å². The van der Waals surface area contributed by atoms with E-state index < -0.39 is 10.0 Å². The average Bonchev–Trinajstić information content (AvgIpc) is 3.45. The van der Waals surface area contributed by atoms with Gasteiger partial charge in [0, 0.05) is 49.7 Å². The Labute approximate surface area is 268 Å². The van der Waals surface area contributed by atoms with Crippen molar-refractivity contribution in [2.75, 3.05) is 11.9 Å². The molecule has 6 rings (SSSR count). The standard InChI is InChI=1S/C34H37N7O4S/c1-5-27-21-40(46(43,44)31-8-7-15-36-34(31)45-27)20-25-18-24(10-9-22(25)3)29(19-32(42)37-26-13-16-35-17-14-26)28-11-12-30-33(23(28)4)38-39-41(30)6-2/h7-18,27,29H,5-6,19-21H2,1-4H3,(H,35,37,42)/t27-,29+/m1/s1. The zero-order valence-electron chi connectivity index (χ0n) is 26.3. The Hall–Kier alpha value is -4.68. The first-order valence-electron chi connectivity index (χ1n) is 15.4. The predicted octanol–water partition coefficient (Wildman–Crippen LogP) is 5.38. The Morgan fingerprint density at radius 1 is 1.07 bits per heavy atom. The lowest BCUT2D eigenvalue weighted by molar-refractivity contribution is -0.116. The van der Waals surface area contributed by atoms with Crippen LogP contribution in [0.25, 0.3) is 11.0 Å². The highest BCUT2D eigenvalue weighted by Crippen LogP contribution is 2.36. The van der Waals surface area contributed by atoms with Gasteiger partial charge in [-0.05, 0) is 85.3 Å². The SMILES string of the molecule is CC[C@@H]1CN(Cc2cc([C@H](CC(=O)Nc3ccncc3)c3ccc4c(nnn4CC)c3C)ccc2C)S(=O)(=O)c2cccnc2O1. The molecule has 2 aromatic carbocycles. The minimum atomic E-state index is -3.89.